The lowest BCUT2D eigenvalue weighted by Crippen LogP contribution is -2.49. The zero-order valence-electron chi connectivity index (χ0n) is 19.8. The quantitative estimate of drug-likeness (QED) is 0.438. The summed E-state index contributed by atoms with van der Waals surface area (Å²) in [5, 5.41) is 12.4. The SMILES string of the molecule is COc1ccc(C#N)cc1-c1cc(C)ncc1C(=O)Nc1nc2ncc(C(=O)N3CC[C@@H]3C)nc2s1. The third-order valence-corrected chi connectivity index (χ3v) is 6.90. The molecule has 1 N–H and O–H groups in total. The molecular formula is C25H21N7O3S. The number of rotatable bonds is 5. The summed E-state index contributed by atoms with van der Waals surface area (Å²) in [5.41, 5.74) is 3.20. The number of nitrogens with zero attached hydrogens (tertiary/aromatic N) is 6. The number of anilines is 1. The van der Waals surface area contributed by atoms with Crippen LogP contribution in [0.25, 0.3) is 21.6 Å². The van der Waals surface area contributed by atoms with E-state index in [4.69, 9.17) is 4.74 Å². The van der Waals surface area contributed by atoms with Crippen LogP contribution in [-0.2, 0) is 0 Å². The molecule has 5 rings (SSSR count). The zero-order chi connectivity index (χ0) is 25.4. The zero-order valence-corrected chi connectivity index (χ0v) is 20.6. The van der Waals surface area contributed by atoms with Gasteiger partial charge in [-0.1, -0.05) is 11.3 Å². The maximum Gasteiger partial charge on any atom is 0.274 e. The van der Waals surface area contributed by atoms with Crippen LogP contribution in [0.3, 0.4) is 0 Å². The number of hydrogen-bond donors (Lipinski definition) is 1. The Morgan fingerprint density at radius 1 is 1.19 bits per heavy atom. The Morgan fingerprint density at radius 3 is 2.72 bits per heavy atom. The molecular weight excluding hydrogens is 478 g/mol. The molecule has 1 aromatic carbocycles. The number of thiazole rings is 1. The Hall–Kier alpha value is -4.43. The molecule has 1 saturated heterocycles. The van der Waals surface area contributed by atoms with Crippen molar-refractivity contribution < 1.29 is 14.3 Å². The molecule has 1 atom stereocenters. The monoisotopic (exact) mass is 499 g/mol. The number of likely N-dealkylation sites (tertiary alicyclic amines) is 1. The van der Waals surface area contributed by atoms with Crippen LogP contribution in [0.15, 0.2) is 36.7 Å². The van der Waals surface area contributed by atoms with Gasteiger partial charge in [0.2, 0.25) is 0 Å². The van der Waals surface area contributed by atoms with Gasteiger partial charge >= 0.3 is 0 Å². The Balaban J connectivity index is 1.46. The largest absolute Gasteiger partial charge is 0.496 e. The first-order chi connectivity index (χ1) is 17.4. The Morgan fingerprint density at radius 2 is 2.03 bits per heavy atom. The van der Waals surface area contributed by atoms with Crippen molar-refractivity contribution in [1.29, 1.82) is 5.26 Å². The molecule has 0 spiro atoms. The number of nitriles is 1. The van der Waals surface area contributed by atoms with Crippen LogP contribution in [0.4, 0.5) is 5.13 Å². The lowest BCUT2D eigenvalue weighted by atomic mass is 9.97. The summed E-state index contributed by atoms with van der Waals surface area (Å²) >= 11 is 1.13. The standard InChI is InChI=1S/C25H21N7O3S/c1-13-8-16(17-9-15(10-26)4-5-20(17)35-3)18(11-27-13)22(33)31-25-30-21-23(36-25)29-19(12-28-21)24(34)32-7-6-14(32)2/h4-5,8-9,11-12,14H,6-7H2,1-3H3,(H,28,30,31,33)/t14-/m0/s1. The number of carbonyl (C=O) groups excluding carboxylic acids is 2. The van der Waals surface area contributed by atoms with Crippen molar-refractivity contribution in [3.05, 3.63) is 59.2 Å². The molecule has 0 saturated carbocycles. The van der Waals surface area contributed by atoms with E-state index in [9.17, 15) is 14.9 Å². The average Bonchev–Trinajstić information content (AvgIpc) is 3.28. The topological polar surface area (TPSA) is 134 Å². The molecule has 1 fully saturated rings. The van der Waals surface area contributed by atoms with Crippen molar-refractivity contribution in [2.75, 3.05) is 19.0 Å². The van der Waals surface area contributed by atoms with Crippen LogP contribution in [0, 0.1) is 18.3 Å². The number of nitrogens with one attached hydrogen (secondary N) is 1. The first-order valence-corrected chi connectivity index (χ1v) is 12.0. The predicted octanol–water partition coefficient (Wildman–Crippen LogP) is 3.82. The first kappa shape index (κ1) is 23.3. The molecule has 0 aliphatic carbocycles. The van der Waals surface area contributed by atoms with E-state index >= 15 is 0 Å². The van der Waals surface area contributed by atoms with Gasteiger partial charge in [0.25, 0.3) is 11.8 Å². The van der Waals surface area contributed by atoms with Crippen molar-refractivity contribution in [3.63, 3.8) is 0 Å². The van der Waals surface area contributed by atoms with Crippen molar-refractivity contribution in [1.82, 2.24) is 24.8 Å². The van der Waals surface area contributed by atoms with E-state index in [1.54, 1.807) is 29.2 Å². The summed E-state index contributed by atoms with van der Waals surface area (Å²) in [4.78, 5) is 45.5. The molecule has 0 radical (unpaired) electrons. The van der Waals surface area contributed by atoms with Gasteiger partial charge in [0.05, 0.1) is 30.5 Å². The molecule has 3 aromatic heterocycles. The highest BCUT2D eigenvalue weighted by molar-refractivity contribution is 7.21. The van der Waals surface area contributed by atoms with E-state index in [1.807, 2.05) is 13.8 Å². The normalized spacial score (nSPS) is 14.7. The summed E-state index contributed by atoms with van der Waals surface area (Å²) in [6.45, 7) is 4.52. The summed E-state index contributed by atoms with van der Waals surface area (Å²) in [6, 6.07) is 9.09. The fourth-order valence-corrected chi connectivity index (χ4v) is 4.75. The van der Waals surface area contributed by atoms with Gasteiger partial charge in [-0.3, -0.25) is 19.9 Å². The molecule has 180 valence electrons. The maximum atomic E-state index is 13.3. The van der Waals surface area contributed by atoms with Crippen LogP contribution >= 0.6 is 11.3 Å². The van der Waals surface area contributed by atoms with Crippen molar-refractivity contribution in [2.45, 2.75) is 26.3 Å². The van der Waals surface area contributed by atoms with Crippen LogP contribution < -0.4 is 10.1 Å². The molecule has 0 unspecified atom stereocenters. The Labute approximate surface area is 210 Å². The first-order valence-electron chi connectivity index (χ1n) is 11.2. The van der Waals surface area contributed by atoms with E-state index in [0.29, 0.717) is 50.3 Å². The van der Waals surface area contributed by atoms with Gasteiger partial charge in [0, 0.05) is 35.6 Å². The van der Waals surface area contributed by atoms with E-state index < -0.39 is 5.91 Å². The van der Waals surface area contributed by atoms with Crippen LogP contribution in [0.1, 0.15) is 45.4 Å². The fraction of sp³-hybridized carbons (Fsp3) is 0.240. The molecule has 1 aliphatic rings. The summed E-state index contributed by atoms with van der Waals surface area (Å²) in [6.07, 6.45) is 3.87. The summed E-state index contributed by atoms with van der Waals surface area (Å²) < 4.78 is 5.48. The molecule has 10 nitrogen and oxygen atoms in total. The number of aromatic nitrogens is 4. The minimum Gasteiger partial charge on any atom is -0.496 e. The van der Waals surface area contributed by atoms with Crippen molar-refractivity contribution >= 4 is 38.8 Å². The van der Waals surface area contributed by atoms with Gasteiger partial charge in [-0.15, -0.1) is 0 Å². The number of ether oxygens (including phenoxy) is 1. The summed E-state index contributed by atoms with van der Waals surface area (Å²) in [7, 11) is 1.53. The molecule has 1 aliphatic heterocycles. The maximum absolute atomic E-state index is 13.3. The second kappa shape index (κ2) is 9.31. The predicted molar refractivity (Wildman–Crippen MR) is 134 cm³/mol. The van der Waals surface area contributed by atoms with E-state index in [0.717, 1.165) is 17.8 Å². The van der Waals surface area contributed by atoms with Crippen molar-refractivity contribution in [2.24, 2.45) is 0 Å². The molecule has 4 aromatic rings. The lowest BCUT2D eigenvalue weighted by molar-refractivity contribution is 0.0496. The second-order valence-corrected chi connectivity index (χ2v) is 9.37. The van der Waals surface area contributed by atoms with Gasteiger partial charge in [-0.05, 0) is 44.5 Å². The van der Waals surface area contributed by atoms with E-state index in [-0.39, 0.29) is 23.2 Å². The van der Waals surface area contributed by atoms with E-state index in [2.05, 4.69) is 31.3 Å². The smallest absolute Gasteiger partial charge is 0.274 e. The highest BCUT2D eigenvalue weighted by Crippen LogP contribution is 2.34. The van der Waals surface area contributed by atoms with Crippen LogP contribution in [0.2, 0.25) is 0 Å². The number of pyridine rings is 1. The highest BCUT2D eigenvalue weighted by atomic mass is 32.1. The Kier molecular flexibility index (Phi) is 6.03. The minimum atomic E-state index is -0.438. The van der Waals surface area contributed by atoms with E-state index in [1.165, 1.54) is 19.5 Å². The average molecular weight is 500 g/mol. The molecule has 0 bridgehead atoms. The number of aryl methyl sites for hydroxylation is 1. The van der Waals surface area contributed by atoms with Gasteiger partial charge < -0.3 is 9.64 Å². The van der Waals surface area contributed by atoms with Gasteiger partial charge in [0.15, 0.2) is 15.6 Å². The number of benzene rings is 1. The third kappa shape index (κ3) is 4.23. The molecule has 36 heavy (non-hydrogen) atoms. The van der Waals surface area contributed by atoms with Gasteiger partial charge in [-0.2, -0.15) is 10.2 Å². The second-order valence-electron chi connectivity index (χ2n) is 8.39. The minimum absolute atomic E-state index is 0.161. The fourth-order valence-electron chi connectivity index (χ4n) is 3.96. The number of fused-ring (bicyclic) bond motifs is 1. The lowest BCUT2D eigenvalue weighted by Gasteiger charge is -2.38. The Bertz CT molecular complexity index is 1560. The van der Waals surface area contributed by atoms with Crippen LogP contribution in [0.5, 0.6) is 5.75 Å². The molecule has 2 amide bonds. The van der Waals surface area contributed by atoms with Gasteiger partial charge in [0.1, 0.15) is 11.4 Å². The number of amides is 2. The van der Waals surface area contributed by atoms with Crippen molar-refractivity contribution in [3.8, 4) is 22.9 Å². The summed E-state index contributed by atoms with van der Waals surface area (Å²) in [5.74, 6) is -0.0755. The number of hydrogen-bond acceptors (Lipinski definition) is 9. The third-order valence-electron chi connectivity index (χ3n) is 6.05. The highest BCUT2D eigenvalue weighted by Gasteiger charge is 2.30. The van der Waals surface area contributed by atoms with Gasteiger partial charge in [-0.25, -0.2) is 9.97 Å². The molecule has 11 heteroatoms. The number of carbonyl (C=O) groups is 2. The number of methoxy groups -OCH3 is 1. The molecule has 4 heterocycles. The van der Waals surface area contributed by atoms with Crippen LogP contribution in [-0.4, -0.2) is 56.3 Å².